The van der Waals surface area contributed by atoms with Gasteiger partial charge < -0.3 is 0 Å². The van der Waals surface area contributed by atoms with Crippen molar-refractivity contribution in [3.05, 3.63) is 11.6 Å². The monoisotopic (exact) mass is 152 g/mol. The Morgan fingerprint density at radius 2 is 2.30 bits per heavy atom. The van der Waals surface area contributed by atoms with Crippen molar-refractivity contribution in [3.8, 4) is 0 Å². The third-order valence-corrected chi connectivity index (χ3v) is 4.86. The van der Waals surface area contributed by atoms with Crippen LogP contribution in [0.15, 0.2) is 11.6 Å². The Kier molecular flexibility index (Phi) is 1.48. The fourth-order valence-electron chi connectivity index (χ4n) is 2.75. The zero-order valence-corrected chi connectivity index (χ0v) is 8.93. The molecule has 2 saturated carbocycles. The van der Waals surface area contributed by atoms with E-state index in [0.717, 1.165) is 17.4 Å². The minimum absolute atomic E-state index is 1.03. The molecular weight excluding hydrogens is 136 g/mol. The lowest BCUT2D eigenvalue weighted by atomic mass is 9.94. The molecule has 0 aromatic heterocycles. The quantitative estimate of drug-likeness (QED) is 0.365. The van der Waals surface area contributed by atoms with E-state index in [1.807, 2.05) is 0 Å². The van der Waals surface area contributed by atoms with Crippen LogP contribution in [0.5, 0.6) is 0 Å². The summed E-state index contributed by atoms with van der Waals surface area (Å²) in [5.41, 5.74) is 2.94. The molecule has 3 unspecified atom stereocenters. The molecule has 2 rings (SSSR count). The van der Waals surface area contributed by atoms with E-state index >= 15 is 0 Å². The molecule has 0 radical (unpaired) electrons. The van der Waals surface area contributed by atoms with Gasteiger partial charge in [-0.05, 0) is 38.0 Å². The first-order valence-corrected chi connectivity index (χ1v) is 5.61. The van der Waals surface area contributed by atoms with E-state index < -0.39 is 0 Å². The Balaban J connectivity index is 2.16. The number of rotatable bonds is 0. The summed E-state index contributed by atoms with van der Waals surface area (Å²) >= 11 is 0. The summed E-state index contributed by atoms with van der Waals surface area (Å²) < 4.78 is 0. The summed E-state index contributed by atoms with van der Waals surface area (Å²) in [6.45, 7) is 2.21. The summed E-state index contributed by atoms with van der Waals surface area (Å²) in [5.74, 6) is 2.14. The Bertz CT molecular complexity index is 170. The maximum atomic E-state index is 2.36. The molecule has 10 heavy (non-hydrogen) atoms. The lowest BCUT2D eigenvalue weighted by Gasteiger charge is -2.18. The van der Waals surface area contributed by atoms with Crippen molar-refractivity contribution in [2.75, 3.05) is 0 Å². The predicted octanol–water partition coefficient (Wildman–Crippen LogP) is 1.52. The second-order valence-corrected chi connectivity index (χ2v) is 5.46. The molecule has 1 heteroatoms. The van der Waals surface area contributed by atoms with Gasteiger partial charge in [-0.15, -0.1) is 0 Å². The van der Waals surface area contributed by atoms with Crippen LogP contribution in [0.25, 0.3) is 0 Å². The molecule has 0 N–H and O–H groups in total. The average molecular weight is 152 g/mol. The number of hydrogen-bond donors (Lipinski definition) is 0. The standard InChI is InChI=1S/C9H16Si/c1-2-6-3-8-4-7(6)5-9(8)10/h2,7-9H,3-5H2,1,10H3/b6-2+. The molecule has 0 aliphatic heterocycles. The van der Waals surface area contributed by atoms with Gasteiger partial charge in [0.1, 0.15) is 0 Å². The maximum Gasteiger partial charge on any atom is 0.00712 e. The van der Waals surface area contributed by atoms with E-state index in [2.05, 4.69) is 13.0 Å². The van der Waals surface area contributed by atoms with Crippen LogP contribution in [0.4, 0.5) is 0 Å². The zero-order chi connectivity index (χ0) is 7.14. The first-order valence-electron chi connectivity index (χ1n) is 4.46. The highest BCUT2D eigenvalue weighted by atomic mass is 28.1. The van der Waals surface area contributed by atoms with Gasteiger partial charge in [0.15, 0.2) is 0 Å². The first kappa shape index (κ1) is 6.65. The number of hydrogen-bond acceptors (Lipinski definition) is 0. The van der Waals surface area contributed by atoms with Crippen molar-refractivity contribution in [2.45, 2.75) is 31.7 Å². The molecule has 0 heterocycles. The van der Waals surface area contributed by atoms with Crippen molar-refractivity contribution in [3.63, 3.8) is 0 Å². The molecule has 0 aromatic carbocycles. The molecule has 2 fully saturated rings. The predicted molar refractivity (Wildman–Crippen MR) is 48.3 cm³/mol. The topological polar surface area (TPSA) is 0 Å². The van der Waals surface area contributed by atoms with E-state index in [1.54, 1.807) is 5.57 Å². The van der Waals surface area contributed by atoms with Gasteiger partial charge in [-0.1, -0.05) is 17.2 Å². The van der Waals surface area contributed by atoms with Gasteiger partial charge in [-0.25, -0.2) is 0 Å². The van der Waals surface area contributed by atoms with Crippen LogP contribution in [-0.2, 0) is 0 Å². The van der Waals surface area contributed by atoms with Crippen LogP contribution in [-0.4, -0.2) is 10.2 Å². The maximum absolute atomic E-state index is 2.36. The van der Waals surface area contributed by atoms with Crippen LogP contribution in [0, 0.1) is 11.8 Å². The van der Waals surface area contributed by atoms with Gasteiger partial charge in [0.25, 0.3) is 0 Å². The van der Waals surface area contributed by atoms with Crippen LogP contribution in [0.3, 0.4) is 0 Å². The van der Waals surface area contributed by atoms with E-state index in [9.17, 15) is 0 Å². The highest BCUT2D eigenvalue weighted by Gasteiger charge is 2.39. The van der Waals surface area contributed by atoms with Crippen molar-refractivity contribution < 1.29 is 0 Å². The molecule has 0 saturated heterocycles. The summed E-state index contributed by atoms with van der Waals surface area (Å²) in [4.78, 5) is 0. The molecule has 0 nitrogen and oxygen atoms in total. The molecule has 3 atom stereocenters. The molecule has 0 amide bonds. The van der Waals surface area contributed by atoms with Gasteiger partial charge in [0, 0.05) is 10.2 Å². The van der Waals surface area contributed by atoms with E-state index in [4.69, 9.17) is 0 Å². The lowest BCUT2D eigenvalue weighted by Crippen LogP contribution is -2.05. The molecule has 2 aliphatic rings. The van der Waals surface area contributed by atoms with Gasteiger partial charge in [-0.3, -0.25) is 0 Å². The van der Waals surface area contributed by atoms with Crippen LogP contribution in [0.2, 0.25) is 5.54 Å². The summed E-state index contributed by atoms with van der Waals surface area (Å²) in [6.07, 6.45) is 6.89. The molecule has 0 aromatic rings. The van der Waals surface area contributed by atoms with Crippen molar-refractivity contribution in [1.82, 2.24) is 0 Å². The van der Waals surface area contributed by atoms with Gasteiger partial charge in [-0.2, -0.15) is 0 Å². The normalized spacial score (nSPS) is 49.3. The molecule has 2 bridgehead atoms. The van der Waals surface area contributed by atoms with Crippen molar-refractivity contribution >= 4 is 10.2 Å². The largest absolute Gasteiger partial charge is 0.0882 e. The average Bonchev–Trinajstić information content (AvgIpc) is 2.44. The van der Waals surface area contributed by atoms with Gasteiger partial charge >= 0.3 is 0 Å². The summed E-state index contributed by atoms with van der Waals surface area (Å²) in [7, 11) is 1.44. The third kappa shape index (κ3) is 0.799. The third-order valence-electron chi connectivity index (χ3n) is 3.44. The minimum atomic E-state index is 1.03. The van der Waals surface area contributed by atoms with E-state index in [-0.39, 0.29) is 0 Å². The summed E-state index contributed by atoms with van der Waals surface area (Å²) in [5, 5.41) is 0. The van der Waals surface area contributed by atoms with Crippen molar-refractivity contribution in [2.24, 2.45) is 11.8 Å². The Labute approximate surface area is 66.1 Å². The number of fused-ring (bicyclic) bond motifs is 2. The highest BCUT2D eigenvalue weighted by molar-refractivity contribution is 6.12. The SMILES string of the molecule is C/C=C1\CC2CC1CC2[SiH3]. The van der Waals surface area contributed by atoms with Crippen LogP contribution in [0.1, 0.15) is 26.2 Å². The van der Waals surface area contributed by atoms with E-state index in [1.165, 1.54) is 29.5 Å². The smallest absolute Gasteiger partial charge is 0.00712 e. The minimum Gasteiger partial charge on any atom is -0.0882 e. The fourth-order valence-corrected chi connectivity index (χ4v) is 3.82. The first-order chi connectivity index (χ1) is 4.81. The van der Waals surface area contributed by atoms with Crippen molar-refractivity contribution in [1.29, 1.82) is 0 Å². The molecular formula is C9H16Si. The molecule has 2 aliphatic carbocycles. The Morgan fingerprint density at radius 1 is 1.50 bits per heavy atom. The second kappa shape index (κ2) is 2.23. The number of allylic oxidation sites excluding steroid dienone is 2. The second-order valence-electron chi connectivity index (χ2n) is 3.97. The van der Waals surface area contributed by atoms with Gasteiger partial charge in [0.05, 0.1) is 0 Å². The Morgan fingerprint density at radius 3 is 2.70 bits per heavy atom. The molecule has 0 spiro atoms. The lowest BCUT2D eigenvalue weighted by molar-refractivity contribution is 0.560. The van der Waals surface area contributed by atoms with Gasteiger partial charge in [0.2, 0.25) is 0 Å². The van der Waals surface area contributed by atoms with E-state index in [0.29, 0.717) is 0 Å². The highest BCUT2D eigenvalue weighted by Crippen LogP contribution is 2.52. The fraction of sp³-hybridized carbons (Fsp3) is 0.778. The summed E-state index contributed by atoms with van der Waals surface area (Å²) in [6, 6.07) is 0. The zero-order valence-electron chi connectivity index (χ0n) is 6.93. The van der Waals surface area contributed by atoms with Crippen LogP contribution < -0.4 is 0 Å². The molecule has 56 valence electrons. The Hall–Kier alpha value is -0.0431. The van der Waals surface area contributed by atoms with Crippen LogP contribution >= 0.6 is 0 Å².